The number of hydrogen-bond donors (Lipinski definition) is 1. The van der Waals surface area contributed by atoms with Crippen LogP contribution in [0.4, 0.5) is 0 Å². The number of aryl methyl sites for hydroxylation is 2. The fourth-order valence-electron chi connectivity index (χ4n) is 4.08. The Balaban J connectivity index is 1.61. The first-order chi connectivity index (χ1) is 13.3. The topological polar surface area (TPSA) is 91.8 Å². The zero-order valence-corrected chi connectivity index (χ0v) is 18.4. The van der Waals surface area contributed by atoms with Crippen molar-refractivity contribution in [3.8, 4) is 0 Å². The Morgan fingerprint density at radius 3 is 2.57 bits per heavy atom. The summed E-state index contributed by atoms with van der Waals surface area (Å²) in [6, 6.07) is 0.546. The van der Waals surface area contributed by atoms with Crippen molar-refractivity contribution in [1.82, 2.24) is 19.5 Å². The number of hydrogen-bond acceptors (Lipinski definition) is 7. The molecule has 158 valence electrons. The van der Waals surface area contributed by atoms with E-state index in [1.165, 1.54) is 17.6 Å². The Hall–Kier alpha value is -1.07. The van der Waals surface area contributed by atoms with Crippen molar-refractivity contribution in [1.29, 1.82) is 0 Å². The Labute approximate surface area is 171 Å². The van der Waals surface area contributed by atoms with E-state index in [4.69, 9.17) is 4.74 Å². The number of rotatable bonds is 7. The molecule has 1 atom stereocenters. The molecule has 1 aromatic rings. The summed E-state index contributed by atoms with van der Waals surface area (Å²) in [5.74, 6) is -0.0841. The van der Waals surface area contributed by atoms with Gasteiger partial charge < -0.3 is 10.1 Å². The molecule has 1 amide bonds. The molecule has 1 unspecified atom stereocenters. The van der Waals surface area contributed by atoms with Gasteiger partial charge in [-0.3, -0.25) is 9.69 Å². The zero-order chi connectivity index (χ0) is 20.3. The average Bonchev–Trinajstić information content (AvgIpc) is 3.26. The molecule has 0 radical (unpaired) electrons. The van der Waals surface area contributed by atoms with Crippen LogP contribution in [-0.4, -0.2) is 86.2 Å². The molecule has 0 aliphatic carbocycles. The minimum Gasteiger partial charge on any atom is -0.381 e. The number of carbonyl (C=O) groups is 1. The van der Waals surface area contributed by atoms with Gasteiger partial charge in [-0.15, -0.1) is 11.3 Å². The molecule has 2 aliphatic heterocycles. The van der Waals surface area contributed by atoms with Gasteiger partial charge in [0.05, 0.1) is 17.0 Å². The summed E-state index contributed by atoms with van der Waals surface area (Å²) in [4.78, 5) is 19.8. The summed E-state index contributed by atoms with van der Waals surface area (Å²) in [6.45, 7) is 7.54. The average molecular weight is 431 g/mol. The van der Waals surface area contributed by atoms with Crippen molar-refractivity contribution in [2.75, 3.05) is 45.6 Å². The molecule has 2 aliphatic rings. The zero-order valence-electron chi connectivity index (χ0n) is 16.8. The van der Waals surface area contributed by atoms with E-state index in [-0.39, 0.29) is 11.9 Å². The van der Waals surface area contributed by atoms with Crippen molar-refractivity contribution >= 4 is 27.3 Å². The second-order valence-electron chi connectivity index (χ2n) is 7.55. The van der Waals surface area contributed by atoms with Gasteiger partial charge in [0.25, 0.3) is 5.91 Å². The molecule has 3 heterocycles. The third-order valence-electron chi connectivity index (χ3n) is 5.49. The minimum atomic E-state index is -3.17. The highest BCUT2D eigenvalue weighted by atomic mass is 32.2. The molecule has 1 aromatic heterocycles. The molecule has 28 heavy (non-hydrogen) atoms. The number of aromatic nitrogens is 1. The number of amides is 1. The van der Waals surface area contributed by atoms with Gasteiger partial charge in [0, 0.05) is 51.5 Å². The molecule has 0 spiro atoms. The number of ether oxygens (including phenoxy) is 1. The van der Waals surface area contributed by atoms with E-state index in [0.29, 0.717) is 37.1 Å². The summed E-state index contributed by atoms with van der Waals surface area (Å²) >= 11 is 1.41. The SMILES string of the molecule is Cc1nc(C)c(C(=O)NCCN(C2CCOCC2)C2CCN(S(C)(=O)=O)C2)s1. The molecule has 0 saturated carbocycles. The molecule has 10 heteroatoms. The Kier molecular flexibility index (Phi) is 7.08. The monoisotopic (exact) mass is 430 g/mol. The predicted octanol–water partition coefficient (Wildman–Crippen LogP) is 1.00. The molecule has 0 bridgehead atoms. The van der Waals surface area contributed by atoms with E-state index < -0.39 is 10.0 Å². The maximum atomic E-state index is 12.5. The van der Waals surface area contributed by atoms with Gasteiger partial charge in [-0.1, -0.05) is 0 Å². The van der Waals surface area contributed by atoms with Crippen molar-refractivity contribution in [3.05, 3.63) is 15.6 Å². The van der Waals surface area contributed by atoms with Crippen LogP contribution in [0.5, 0.6) is 0 Å². The maximum absolute atomic E-state index is 12.5. The van der Waals surface area contributed by atoms with E-state index >= 15 is 0 Å². The second-order valence-corrected chi connectivity index (χ2v) is 10.7. The fourth-order valence-corrected chi connectivity index (χ4v) is 5.80. The number of sulfonamides is 1. The largest absolute Gasteiger partial charge is 0.381 e. The molecule has 2 fully saturated rings. The van der Waals surface area contributed by atoms with Gasteiger partial charge in [-0.25, -0.2) is 17.7 Å². The van der Waals surface area contributed by atoms with Gasteiger partial charge in [0.2, 0.25) is 10.0 Å². The first kappa shape index (κ1) is 21.6. The molecular weight excluding hydrogens is 400 g/mol. The van der Waals surface area contributed by atoms with E-state index in [1.807, 2.05) is 13.8 Å². The van der Waals surface area contributed by atoms with Crippen LogP contribution in [-0.2, 0) is 14.8 Å². The van der Waals surface area contributed by atoms with E-state index in [1.54, 1.807) is 4.31 Å². The van der Waals surface area contributed by atoms with Crippen LogP contribution in [0.3, 0.4) is 0 Å². The van der Waals surface area contributed by atoms with Crippen LogP contribution >= 0.6 is 11.3 Å². The van der Waals surface area contributed by atoms with Crippen molar-refractivity contribution < 1.29 is 17.9 Å². The number of nitrogens with one attached hydrogen (secondary N) is 1. The summed E-state index contributed by atoms with van der Waals surface area (Å²) in [6.07, 6.45) is 3.98. The highest BCUT2D eigenvalue weighted by molar-refractivity contribution is 7.88. The lowest BCUT2D eigenvalue weighted by Gasteiger charge is -2.38. The molecule has 0 aromatic carbocycles. The standard InChI is InChI=1S/C18H30N4O4S2/c1-13-17(27-14(2)20-13)18(23)19-7-9-22(15-5-10-26-11-6-15)16-4-8-21(12-16)28(3,24)25/h15-16H,4-12H2,1-3H3,(H,19,23). The van der Waals surface area contributed by atoms with E-state index in [2.05, 4.69) is 15.2 Å². The lowest BCUT2D eigenvalue weighted by atomic mass is 10.0. The Bertz CT molecular complexity index is 790. The quantitative estimate of drug-likeness (QED) is 0.694. The van der Waals surface area contributed by atoms with Crippen LogP contribution in [0, 0.1) is 13.8 Å². The van der Waals surface area contributed by atoms with Crippen molar-refractivity contribution in [2.24, 2.45) is 0 Å². The molecular formula is C18H30N4O4S2. The van der Waals surface area contributed by atoms with E-state index in [0.717, 1.165) is 43.2 Å². The molecule has 1 N–H and O–H groups in total. The van der Waals surface area contributed by atoms with Crippen LogP contribution in [0.1, 0.15) is 39.6 Å². The maximum Gasteiger partial charge on any atom is 0.263 e. The highest BCUT2D eigenvalue weighted by Crippen LogP contribution is 2.24. The molecule has 3 rings (SSSR count). The highest BCUT2D eigenvalue weighted by Gasteiger charge is 2.35. The second kappa shape index (κ2) is 9.17. The van der Waals surface area contributed by atoms with Crippen molar-refractivity contribution in [2.45, 2.75) is 45.2 Å². The Morgan fingerprint density at radius 1 is 1.29 bits per heavy atom. The summed E-state index contributed by atoms with van der Waals surface area (Å²) in [5.41, 5.74) is 0.765. The third kappa shape index (κ3) is 5.29. The van der Waals surface area contributed by atoms with Crippen LogP contribution in [0.2, 0.25) is 0 Å². The third-order valence-corrected chi connectivity index (χ3v) is 7.83. The fraction of sp³-hybridized carbons (Fsp3) is 0.778. The lowest BCUT2D eigenvalue weighted by molar-refractivity contribution is 0.0194. The first-order valence-corrected chi connectivity index (χ1v) is 12.4. The van der Waals surface area contributed by atoms with Crippen LogP contribution in [0.15, 0.2) is 0 Å². The lowest BCUT2D eigenvalue weighted by Crippen LogP contribution is -2.50. The van der Waals surface area contributed by atoms with Crippen molar-refractivity contribution in [3.63, 3.8) is 0 Å². The van der Waals surface area contributed by atoms with Gasteiger partial charge in [-0.2, -0.15) is 0 Å². The van der Waals surface area contributed by atoms with Gasteiger partial charge in [0.1, 0.15) is 4.88 Å². The summed E-state index contributed by atoms with van der Waals surface area (Å²) in [7, 11) is -3.17. The van der Waals surface area contributed by atoms with Gasteiger partial charge in [-0.05, 0) is 33.1 Å². The number of nitrogens with zero attached hydrogens (tertiary/aromatic N) is 3. The summed E-state index contributed by atoms with van der Waals surface area (Å²) < 4.78 is 30.9. The minimum absolute atomic E-state index is 0.0841. The predicted molar refractivity (Wildman–Crippen MR) is 109 cm³/mol. The Morgan fingerprint density at radius 2 is 2.00 bits per heavy atom. The molecule has 2 saturated heterocycles. The normalized spacial score (nSPS) is 22.1. The number of carbonyl (C=O) groups excluding carboxylic acids is 1. The van der Waals surface area contributed by atoms with Gasteiger partial charge >= 0.3 is 0 Å². The summed E-state index contributed by atoms with van der Waals surface area (Å²) in [5, 5.41) is 3.90. The van der Waals surface area contributed by atoms with Gasteiger partial charge in [0.15, 0.2) is 0 Å². The molecule has 8 nitrogen and oxygen atoms in total. The first-order valence-electron chi connectivity index (χ1n) is 9.76. The smallest absolute Gasteiger partial charge is 0.263 e. The van der Waals surface area contributed by atoms with Crippen LogP contribution in [0.25, 0.3) is 0 Å². The van der Waals surface area contributed by atoms with E-state index in [9.17, 15) is 13.2 Å². The number of thiazole rings is 1. The van der Waals surface area contributed by atoms with Crippen LogP contribution < -0.4 is 5.32 Å².